The average molecular weight is 262 g/mol. The average Bonchev–Trinajstić information content (AvgIpc) is 2.47. The Hall–Kier alpha value is -1.88. The Morgan fingerprint density at radius 3 is 2.74 bits per heavy atom. The first-order valence-electron chi connectivity index (χ1n) is 6.37. The molecule has 2 rings (SSSR count). The van der Waals surface area contributed by atoms with Gasteiger partial charge in [-0.2, -0.15) is 0 Å². The lowest BCUT2D eigenvalue weighted by molar-refractivity contribution is -0.153. The van der Waals surface area contributed by atoms with Crippen molar-refractivity contribution < 1.29 is 14.3 Å². The van der Waals surface area contributed by atoms with Crippen LogP contribution in [0.2, 0.25) is 0 Å². The summed E-state index contributed by atoms with van der Waals surface area (Å²) in [4.78, 5) is 22.8. The number of hydrogen-bond acceptors (Lipinski definition) is 4. The SMILES string of the molecule is COC(=O)C(=O)NC1CNCCC1c1ccccc1. The predicted octanol–water partition coefficient (Wildman–Crippen LogP) is 0.421. The van der Waals surface area contributed by atoms with Gasteiger partial charge in [-0.15, -0.1) is 0 Å². The van der Waals surface area contributed by atoms with Crippen LogP contribution in [0.1, 0.15) is 17.9 Å². The molecule has 5 heteroatoms. The van der Waals surface area contributed by atoms with Crippen LogP contribution in [0.3, 0.4) is 0 Å². The molecule has 19 heavy (non-hydrogen) atoms. The van der Waals surface area contributed by atoms with E-state index in [-0.39, 0.29) is 12.0 Å². The molecule has 1 fully saturated rings. The van der Waals surface area contributed by atoms with Crippen LogP contribution in [0.5, 0.6) is 0 Å². The highest BCUT2D eigenvalue weighted by molar-refractivity contribution is 6.32. The van der Waals surface area contributed by atoms with Gasteiger partial charge in [0.05, 0.1) is 7.11 Å². The lowest BCUT2D eigenvalue weighted by Crippen LogP contribution is -2.51. The van der Waals surface area contributed by atoms with Crippen molar-refractivity contribution in [3.63, 3.8) is 0 Å². The van der Waals surface area contributed by atoms with Crippen LogP contribution in [0.4, 0.5) is 0 Å². The Morgan fingerprint density at radius 2 is 2.05 bits per heavy atom. The van der Waals surface area contributed by atoms with Crippen LogP contribution < -0.4 is 10.6 Å². The van der Waals surface area contributed by atoms with Crippen LogP contribution in [0.25, 0.3) is 0 Å². The zero-order valence-corrected chi connectivity index (χ0v) is 10.9. The van der Waals surface area contributed by atoms with Gasteiger partial charge >= 0.3 is 11.9 Å². The highest BCUT2D eigenvalue weighted by atomic mass is 16.5. The van der Waals surface area contributed by atoms with Gasteiger partial charge in [0.25, 0.3) is 0 Å². The number of hydrogen-bond donors (Lipinski definition) is 2. The molecule has 0 spiro atoms. The van der Waals surface area contributed by atoms with Crippen molar-refractivity contribution >= 4 is 11.9 Å². The van der Waals surface area contributed by atoms with Gasteiger partial charge in [0, 0.05) is 18.5 Å². The molecule has 1 aliphatic heterocycles. The van der Waals surface area contributed by atoms with Crippen molar-refractivity contribution in [1.29, 1.82) is 0 Å². The first-order valence-corrected chi connectivity index (χ1v) is 6.37. The van der Waals surface area contributed by atoms with E-state index in [0.29, 0.717) is 6.54 Å². The standard InChI is InChI=1S/C14H18N2O3/c1-19-14(18)13(17)16-12-9-15-8-7-11(12)10-5-3-2-4-6-10/h2-6,11-12,15H,7-9H2,1H3,(H,16,17). The number of benzene rings is 1. The molecule has 1 amide bonds. The Balaban J connectivity index is 2.08. The van der Waals surface area contributed by atoms with Crippen LogP contribution >= 0.6 is 0 Å². The van der Waals surface area contributed by atoms with Gasteiger partial charge in [-0.3, -0.25) is 4.79 Å². The number of esters is 1. The van der Waals surface area contributed by atoms with Crippen LogP contribution in [-0.2, 0) is 14.3 Å². The summed E-state index contributed by atoms with van der Waals surface area (Å²) < 4.78 is 4.42. The second kappa shape index (κ2) is 6.33. The molecule has 2 N–H and O–H groups in total. The van der Waals surface area contributed by atoms with Gasteiger partial charge in [0.2, 0.25) is 0 Å². The van der Waals surface area contributed by atoms with E-state index in [1.165, 1.54) is 12.7 Å². The van der Waals surface area contributed by atoms with Crippen molar-refractivity contribution in [2.24, 2.45) is 0 Å². The fourth-order valence-electron chi connectivity index (χ4n) is 2.43. The summed E-state index contributed by atoms with van der Waals surface area (Å²) >= 11 is 0. The number of ether oxygens (including phenoxy) is 1. The first-order chi connectivity index (χ1) is 9.22. The highest BCUT2D eigenvalue weighted by Crippen LogP contribution is 2.25. The van der Waals surface area contributed by atoms with E-state index < -0.39 is 11.9 Å². The molecular weight excluding hydrogens is 244 g/mol. The summed E-state index contributed by atoms with van der Waals surface area (Å²) in [5.41, 5.74) is 1.18. The van der Waals surface area contributed by atoms with Gasteiger partial charge in [-0.25, -0.2) is 4.79 Å². The quantitative estimate of drug-likeness (QED) is 0.599. The summed E-state index contributed by atoms with van der Waals surface area (Å²) in [5.74, 6) is -1.31. The molecule has 102 valence electrons. The zero-order chi connectivity index (χ0) is 13.7. The Labute approximate surface area is 112 Å². The van der Waals surface area contributed by atoms with Gasteiger partial charge in [0.15, 0.2) is 0 Å². The van der Waals surface area contributed by atoms with Gasteiger partial charge in [-0.05, 0) is 18.5 Å². The van der Waals surface area contributed by atoms with Gasteiger partial charge in [-0.1, -0.05) is 30.3 Å². The molecule has 0 saturated carbocycles. The summed E-state index contributed by atoms with van der Waals surface area (Å²) in [7, 11) is 1.20. The van der Waals surface area contributed by atoms with Crippen molar-refractivity contribution in [3.05, 3.63) is 35.9 Å². The normalized spacial score (nSPS) is 22.6. The Bertz CT molecular complexity index is 447. The van der Waals surface area contributed by atoms with E-state index in [9.17, 15) is 9.59 Å². The van der Waals surface area contributed by atoms with E-state index in [1.807, 2.05) is 30.3 Å². The van der Waals surface area contributed by atoms with E-state index in [1.54, 1.807) is 0 Å². The highest BCUT2D eigenvalue weighted by Gasteiger charge is 2.29. The molecule has 1 heterocycles. The summed E-state index contributed by atoms with van der Waals surface area (Å²) in [6.45, 7) is 1.56. The maximum absolute atomic E-state index is 11.6. The van der Waals surface area contributed by atoms with E-state index in [0.717, 1.165) is 13.0 Å². The molecule has 2 unspecified atom stereocenters. The molecule has 0 aliphatic carbocycles. The predicted molar refractivity (Wildman–Crippen MR) is 70.6 cm³/mol. The topological polar surface area (TPSA) is 67.4 Å². The Kier molecular flexibility index (Phi) is 4.52. The number of nitrogens with one attached hydrogen (secondary N) is 2. The number of piperidine rings is 1. The molecule has 1 aromatic carbocycles. The molecule has 0 radical (unpaired) electrons. The van der Waals surface area contributed by atoms with Crippen LogP contribution in [0.15, 0.2) is 30.3 Å². The van der Waals surface area contributed by atoms with Crippen molar-refractivity contribution in [3.8, 4) is 0 Å². The third-order valence-corrected chi connectivity index (χ3v) is 3.40. The number of rotatable bonds is 2. The molecule has 5 nitrogen and oxygen atoms in total. The minimum atomic E-state index is -0.850. The fraction of sp³-hybridized carbons (Fsp3) is 0.429. The summed E-state index contributed by atoms with van der Waals surface area (Å²) in [5, 5.41) is 5.97. The molecule has 0 aromatic heterocycles. The van der Waals surface area contributed by atoms with E-state index >= 15 is 0 Å². The van der Waals surface area contributed by atoms with Crippen LogP contribution in [-0.4, -0.2) is 38.1 Å². The van der Waals surface area contributed by atoms with Crippen molar-refractivity contribution in [2.45, 2.75) is 18.4 Å². The Morgan fingerprint density at radius 1 is 1.32 bits per heavy atom. The van der Waals surface area contributed by atoms with Crippen LogP contribution in [0, 0.1) is 0 Å². The van der Waals surface area contributed by atoms with E-state index in [4.69, 9.17) is 0 Å². The maximum atomic E-state index is 11.6. The van der Waals surface area contributed by atoms with Gasteiger partial charge in [0.1, 0.15) is 0 Å². The van der Waals surface area contributed by atoms with Crippen molar-refractivity contribution in [1.82, 2.24) is 10.6 Å². The summed E-state index contributed by atoms with van der Waals surface area (Å²) in [6.07, 6.45) is 0.927. The molecule has 1 saturated heterocycles. The van der Waals surface area contributed by atoms with Crippen molar-refractivity contribution in [2.75, 3.05) is 20.2 Å². The van der Waals surface area contributed by atoms with E-state index in [2.05, 4.69) is 15.4 Å². The fourth-order valence-corrected chi connectivity index (χ4v) is 2.43. The number of amides is 1. The minimum absolute atomic E-state index is 0.0947. The number of carbonyl (C=O) groups is 2. The zero-order valence-electron chi connectivity index (χ0n) is 10.9. The summed E-state index contributed by atoms with van der Waals surface area (Å²) in [6, 6.07) is 9.93. The molecular formula is C14H18N2O3. The molecule has 2 atom stereocenters. The number of methoxy groups -OCH3 is 1. The minimum Gasteiger partial charge on any atom is -0.462 e. The molecule has 1 aromatic rings. The second-order valence-corrected chi connectivity index (χ2v) is 4.58. The molecule has 1 aliphatic rings. The monoisotopic (exact) mass is 262 g/mol. The first kappa shape index (κ1) is 13.5. The largest absolute Gasteiger partial charge is 0.462 e. The third-order valence-electron chi connectivity index (χ3n) is 3.40. The second-order valence-electron chi connectivity index (χ2n) is 4.58. The maximum Gasteiger partial charge on any atom is 0.396 e. The lowest BCUT2D eigenvalue weighted by Gasteiger charge is -2.32. The number of carbonyl (C=O) groups excluding carboxylic acids is 2. The third kappa shape index (κ3) is 3.32. The smallest absolute Gasteiger partial charge is 0.396 e. The lowest BCUT2D eigenvalue weighted by atomic mass is 9.86. The van der Waals surface area contributed by atoms with Gasteiger partial charge < -0.3 is 15.4 Å². The molecule has 0 bridgehead atoms.